The number of aromatic carboxylic acids is 1. The van der Waals surface area contributed by atoms with Crippen molar-refractivity contribution >= 4 is 5.97 Å². The highest BCUT2D eigenvalue weighted by molar-refractivity contribution is 5.87. The molecule has 0 amide bonds. The summed E-state index contributed by atoms with van der Waals surface area (Å²) in [6, 6.07) is 4.47. The third-order valence-electron chi connectivity index (χ3n) is 2.63. The average molecular weight is 234 g/mol. The normalized spacial score (nSPS) is 12.5. The molecule has 2 aromatic rings. The minimum absolute atomic E-state index is 0.00440. The molecule has 6 heteroatoms. The van der Waals surface area contributed by atoms with Crippen molar-refractivity contribution in [1.29, 1.82) is 0 Å². The zero-order chi connectivity index (χ0) is 12.0. The summed E-state index contributed by atoms with van der Waals surface area (Å²) in [7, 11) is 0. The number of carboxylic acids is 1. The third kappa shape index (κ3) is 1.30. The van der Waals surface area contributed by atoms with Crippen LogP contribution >= 0.6 is 0 Å². The lowest BCUT2D eigenvalue weighted by molar-refractivity contribution is 0.0687. The second kappa shape index (κ2) is 3.31. The van der Waals surface area contributed by atoms with Gasteiger partial charge in [0.2, 0.25) is 0 Å². The molecule has 2 heterocycles. The van der Waals surface area contributed by atoms with Crippen LogP contribution in [0, 0.1) is 5.82 Å². The van der Waals surface area contributed by atoms with Crippen LogP contribution in [-0.4, -0.2) is 20.6 Å². The van der Waals surface area contributed by atoms with E-state index in [0.29, 0.717) is 11.4 Å². The summed E-state index contributed by atoms with van der Waals surface area (Å²) >= 11 is 0. The van der Waals surface area contributed by atoms with Crippen LogP contribution in [0.4, 0.5) is 4.39 Å². The van der Waals surface area contributed by atoms with Crippen molar-refractivity contribution in [2.45, 2.75) is 6.61 Å². The Kier molecular flexibility index (Phi) is 1.91. The third-order valence-corrected chi connectivity index (χ3v) is 2.63. The molecule has 0 saturated heterocycles. The number of ether oxygens (including phenoxy) is 1. The van der Waals surface area contributed by atoms with E-state index in [1.165, 1.54) is 23.0 Å². The van der Waals surface area contributed by atoms with Gasteiger partial charge in [-0.1, -0.05) is 6.07 Å². The van der Waals surface area contributed by atoms with E-state index in [-0.39, 0.29) is 18.1 Å². The summed E-state index contributed by atoms with van der Waals surface area (Å²) in [5.41, 5.74) is 0.807. The van der Waals surface area contributed by atoms with E-state index in [2.05, 4.69) is 4.98 Å². The molecule has 3 rings (SSSR count). The number of hydrogen-bond donors (Lipinski definition) is 1. The first kappa shape index (κ1) is 9.83. The monoisotopic (exact) mass is 234 g/mol. The van der Waals surface area contributed by atoms with Crippen LogP contribution in [0.1, 0.15) is 16.2 Å². The second-order valence-corrected chi connectivity index (χ2v) is 3.59. The predicted octanol–water partition coefficient (Wildman–Crippen LogP) is 1.60. The maximum atomic E-state index is 13.5. The highest BCUT2D eigenvalue weighted by atomic mass is 19.1. The summed E-state index contributed by atoms with van der Waals surface area (Å²) in [5.74, 6) is -1.48. The van der Waals surface area contributed by atoms with Gasteiger partial charge in [0.25, 0.3) is 0 Å². The SMILES string of the molecule is O=C(O)c1ncn2c1COc1c(F)cccc1-2. The Hall–Kier alpha value is -2.37. The zero-order valence-corrected chi connectivity index (χ0v) is 8.55. The minimum Gasteiger partial charge on any atom is -0.482 e. The number of imidazole rings is 1. The standard InChI is InChI=1S/C11H7FN2O3/c12-6-2-1-3-7-10(6)17-4-8-9(11(15)16)13-5-14(7)8/h1-3,5H,4H2,(H,15,16). The fourth-order valence-corrected chi connectivity index (χ4v) is 1.87. The van der Waals surface area contributed by atoms with Gasteiger partial charge in [0.15, 0.2) is 17.3 Å². The maximum absolute atomic E-state index is 13.5. The van der Waals surface area contributed by atoms with E-state index in [1.54, 1.807) is 6.07 Å². The number of fused-ring (bicyclic) bond motifs is 3. The van der Waals surface area contributed by atoms with Crippen molar-refractivity contribution in [2.75, 3.05) is 0 Å². The van der Waals surface area contributed by atoms with Crippen LogP contribution in [0.2, 0.25) is 0 Å². The molecule has 1 aliphatic rings. The van der Waals surface area contributed by atoms with Gasteiger partial charge in [0.05, 0.1) is 11.4 Å². The predicted molar refractivity (Wildman–Crippen MR) is 54.8 cm³/mol. The minimum atomic E-state index is -1.12. The topological polar surface area (TPSA) is 64.3 Å². The summed E-state index contributed by atoms with van der Waals surface area (Å²) < 4.78 is 20.2. The van der Waals surface area contributed by atoms with E-state index >= 15 is 0 Å². The molecule has 1 aromatic carbocycles. The van der Waals surface area contributed by atoms with Gasteiger partial charge in [-0.25, -0.2) is 14.2 Å². The second-order valence-electron chi connectivity index (χ2n) is 3.59. The summed E-state index contributed by atoms with van der Waals surface area (Å²) in [5, 5.41) is 8.93. The Bertz CT molecular complexity index is 621. The van der Waals surface area contributed by atoms with Gasteiger partial charge < -0.3 is 9.84 Å². The van der Waals surface area contributed by atoms with Crippen LogP contribution in [0.3, 0.4) is 0 Å². The smallest absolute Gasteiger partial charge is 0.356 e. The number of benzene rings is 1. The van der Waals surface area contributed by atoms with Crippen molar-refractivity contribution < 1.29 is 19.0 Å². The number of aromatic nitrogens is 2. The van der Waals surface area contributed by atoms with Crippen LogP contribution < -0.4 is 4.74 Å². The quantitative estimate of drug-likeness (QED) is 0.814. The summed E-state index contributed by atoms with van der Waals surface area (Å²) in [6.45, 7) is -0.00440. The molecule has 17 heavy (non-hydrogen) atoms. The lowest BCUT2D eigenvalue weighted by Gasteiger charge is -2.20. The molecule has 0 spiro atoms. The van der Waals surface area contributed by atoms with Crippen LogP contribution in [0.25, 0.3) is 5.69 Å². The first-order valence-corrected chi connectivity index (χ1v) is 4.89. The van der Waals surface area contributed by atoms with Gasteiger partial charge in [0, 0.05) is 0 Å². The molecule has 1 aromatic heterocycles. The van der Waals surface area contributed by atoms with Crippen molar-refractivity contribution in [3.63, 3.8) is 0 Å². The Labute approximate surface area is 95.1 Å². The van der Waals surface area contributed by atoms with Crippen LogP contribution in [-0.2, 0) is 6.61 Å². The van der Waals surface area contributed by atoms with Crippen molar-refractivity contribution in [2.24, 2.45) is 0 Å². The van der Waals surface area contributed by atoms with Gasteiger partial charge in [-0.3, -0.25) is 4.57 Å². The maximum Gasteiger partial charge on any atom is 0.356 e. The van der Waals surface area contributed by atoms with Crippen LogP contribution in [0.5, 0.6) is 5.75 Å². The number of carboxylic acid groups (broad SMARTS) is 1. The Morgan fingerprint density at radius 1 is 1.53 bits per heavy atom. The fraction of sp³-hybridized carbons (Fsp3) is 0.0909. The number of para-hydroxylation sites is 1. The number of carbonyl (C=O) groups is 1. The molecular weight excluding hydrogens is 227 g/mol. The number of nitrogens with zero attached hydrogens (tertiary/aromatic N) is 2. The Balaban J connectivity index is 2.25. The molecule has 0 bridgehead atoms. The molecule has 0 fully saturated rings. The fourth-order valence-electron chi connectivity index (χ4n) is 1.87. The van der Waals surface area contributed by atoms with Gasteiger partial charge in [-0.15, -0.1) is 0 Å². The molecule has 0 saturated carbocycles. The summed E-state index contributed by atoms with van der Waals surface area (Å²) in [6.07, 6.45) is 1.36. The highest BCUT2D eigenvalue weighted by Crippen LogP contribution is 2.32. The Morgan fingerprint density at radius 2 is 2.35 bits per heavy atom. The highest BCUT2D eigenvalue weighted by Gasteiger charge is 2.25. The molecule has 5 nitrogen and oxygen atoms in total. The first-order chi connectivity index (χ1) is 8.18. The van der Waals surface area contributed by atoms with Crippen LogP contribution in [0.15, 0.2) is 24.5 Å². The summed E-state index contributed by atoms with van der Waals surface area (Å²) in [4.78, 5) is 14.7. The number of halogens is 1. The largest absolute Gasteiger partial charge is 0.482 e. The zero-order valence-electron chi connectivity index (χ0n) is 8.55. The molecule has 1 N–H and O–H groups in total. The Morgan fingerprint density at radius 3 is 3.12 bits per heavy atom. The van der Waals surface area contributed by atoms with E-state index < -0.39 is 11.8 Å². The molecule has 0 unspecified atom stereocenters. The van der Waals surface area contributed by atoms with Gasteiger partial charge >= 0.3 is 5.97 Å². The first-order valence-electron chi connectivity index (χ1n) is 4.89. The number of rotatable bonds is 1. The van der Waals surface area contributed by atoms with Crippen molar-refractivity contribution in [1.82, 2.24) is 9.55 Å². The van der Waals surface area contributed by atoms with Crippen molar-refractivity contribution in [3.05, 3.63) is 41.7 Å². The lowest BCUT2D eigenvalue weighted by atomic mass is 10.2. The molecule has 1 aliphatic heterocycles. The van der Waals surface area contributed by atoms with Gasteiger partial charge in [-0.05, 0) is 12.1 Å². The van der Waals surface area contributed by atoms with Crippen molar-refractivity contribution in [3.8, 4) is 11.4 Å². The van der Waals surface area contributed by atoms with E-state index in [1.807, 2.05) is 0 Å². The van der Waals surface area contributed by atoms with Gasteiger partial charge in [-0.2, -0.15) is 0 Å². The molecular formula is C11H7FN2O3. The number of hydrogen-bond acceptors (Lipinski definition) is 3. The van der Waals surface area contributed by atoms with E-state index in [9.17, 15) is 9.18 Å². The molecule has 0 radical (unpaired) electrons. The molecule has 0 aliphatic carbocycles. The molecule has 86 valence electrons. The van der Waals surface area contributed by atoms with E-state index in [0.717, 1.165) is 0 Å². The lowest BCUT2D eigenvalue weighted by Crippen LogP contribution is -2.15. The average Bonchev–Trinajstić information content (AvgIpc) is 2.73. The molecule has 0 atom stereocenters. The van der Waals surface area contributed by atoms with E-state index in [4.69, 9.17) is 9.84 Å². The van der Waals surface area contributed by atoms with Gasteiger partial charge in [0.1, 0.15) is 12.9 Å².